The summed E-state index contributed by atoms with van der Waals surface area (Å²) in [5, 5.41) is 0. The van der Waals surface area contributed by atoms with E-state index in [-0.39, 0.29) is 23.7 Å². The number of likely N-dealkylation sites (tertiary alicyclic amines) is 1. The van der Waals surface area contributed by atoms with E-state index in [0.29, 0.717) is 6.54 Å². The summed E-state index contributed by atoms with van der Waals surface area (Å²) in [6, 6.07) is 4.16. The number of carbonyl (C=O) groups is 1. The maximum absolute atomic E-state index is 12.7. The molecule has 1 atom stereocenters. The van der Waals surface area contributed by atoms with Crippen molar-refractivity contribution in [1.82, 2.24) is 4.90 Å². The van der Waals surface area contributed by atoms with Crippen molar-refractivity contribution < 1.29 is 4.79 Å². The number of nitrogens with two attached hydrogens (primary N) is 1. The van der Waals surface area contributed by atoms with Gasteiger partial charge in [-0.1, -0.05) is 24.6 Å². The molecule has 1 saturated heterocycles. The molecule has 1 aromatic rings. The highest BCUT2D eigenvalue weighted by Crippen LogP contribution is 2.30. The molecule has 1 amide bonds. The van der Waals surface area contributed by atoms with Gasteiger partial charge in [-0.05, 0) is 50.3 Å². The largest absolute Gasteiger partial charge is 0.338 e. The lowest BCUT2D eigenvalue weighted by Crippen LogP contribution is -2.35. The molecule has 3 nitrogen and oxygen atoms in total. The Kier molecular flexibility index (Phi) is 5.22. The minimum absolute atomic E-state index is 0. The second kappa shape index (κ2) is 6.15. The molecule has 112 valence electrons. The molecule has 2 N–H and O–H groups in total. The van der Waals surface area contributed by atoms with E-state index in [1.54, 1.807) is 0 Å². The van der Waals surface area contributed by atoms with Gasteiger partial charge in [-0.3, -0.25) is 4.79 Å². The first-order valence-electron chi connectivity index (χ1n) is 6.93. The molecule has 1 aromatic carbocycles. The van der Waals surface area contributed by atoms with Crippen LogP contribution in [0.1, 0.15) is 40.4 Å². The van der Waals surface area contributed by atoms with Crippen molar-refractivity contribution >= 4 is 18.3 Å². The minimum atomic E-state index is 0. The van der Waals surface area contributed by atoms with Gasteiger partial charge in [0.15, 0.2) is 0 Å². The smallest absolute Gasteiger partial charge is 0.254 e. The van der Waals surface area contributed by atoms with Crippen LogP contribution in [0.5, 0.6) is 0 Å². The van der Waals surface area contributed by atoms with Crippen LogP contribution < -0.4 is 5.73 Å². The number of amides is 1. The van der Waals surface area contributed by atoms with Gasteiger partial charge in [0, 0.05) is 18.7 Å². The second-order valence-electron chi connectivity index (χ2n) is 6.27. The van der Waals surface area contributed by atoms with E-state index >= 15 is 0 Å². The van der Waals surface area contributed by atoms with Crippen molar-refractivity contribution in [2.24, 2.45) is 11.1 Å². The molecular weight excluding hydrogens is 272 g/mol. The first-order chi connectivity index (χ1) is 8.86. The molecule has 20 heavy (non-hydrogen) atoms. The van der Waals surface area contributed by atoms with Crippen LogP contribution in [-0.2, 0) is 0 Å². The molecule has 1 aliphatic heterocycles. The molecular formula is C16H25ClN2O. The van der Waals surface area contributed by atoms with Crippen molar-refractivity contribution in [2.75, 3.05) is 19.6 Å². The van der Waals surface area contributed by atoms with E-state index in [9.17, 15) is 4.79 Å². The highest BCUT2D eigenvalue weighted by molar-refractivity contribution is 5.97. The Labute approximate surface area is 127 Å². The third-order valence-corrected chi connectivity index (χ3v) is 4.23. The topological polar surface area (TPSA) is 46.3 Å². The zero-order chi connectivity index (χ0) is 14.2. The molecule has 0 bridgehead atoms. The fraction of sp³-hybridized carbons (Fsp3) is 0.562. The lowest BCUT2D eigenvalue weighted by Gasteiger charge is -2.23. The Morgan fingerprint density at radius 3 is 2.30 bits per heavy atom. The van der Waals surface area contributed by atoms with Gasteiger partial charge in [0.05, 0.1) is 0 Å². The number of carbonyl (C=O) groups excluding carboxylic acids is 1. The Bertz CT molecular complexity index is 492. The Morgan fingerprint density at radius 2 is 1.85 bits per heavy atom. The number of hydrogen-bond acceptors (Lipinski definition) is 2. The molecule has 0 saturated carbocycles. The van der Waals surface area contributed by atoms with Crippen molar-refractivity contribution in [3.8, 4) is 0 Å². The summed E-state index contributed by atoms with van der Waals surface area (Å²) >= 11 is 0. The number of halogens is 1. The fourth-order valence-electron chi connectivity index (χ4n) is 3.04. The standard InChI is InChI=1S/C16H24N2O.ClH/c1-11-7-12(2)14(13(3)8-11)15(19)18-6-5-16(4,9-17)10-18;/h7-8H,5-6,9-10,17H2,1-4H3;1H. The van der Waals surface area contributed by atoms with Gasteiger partial charge < -0.3 is 10.6 Å². The van der Waals surface area contributed by atoms with Gasteiger partial charge in [0.2, 0.25) is 0 Å². The SMILES string of the molecule is Cc1cc(C)c(C(=O)N2CCC(C)(CN)C2)c(C)c1.Cl. The van der Waals surface area contributed by atoms with Crippen LogP contribution in [0.3, 0.4) is 0 Å². The minimum Gasteiger partial charge on any atom is -0.338 e. The lowest BCUT2D eigenvalue weighted by molar-refractivity contribution is 0.0775. The van der Waals surface area contributed by atoms with E-state index in [0.717, 1.165) is 36.2 Å². The lowest BCUT2D eigenvalue weighted by atomic mass is 9.90. The fourth-order valence-corrected chi connectivity index (χ4v) is 3.04. The van der Waals surface area contributed by atoms with Gasteiger partial charge in [-0.25, -0.2) is 0 Å². The Balaban J connectivity index is 0.00000200. The highest BCUT2D eigenvalue weighted by Gasteiger charge is 2.35. The zero-order valence-electron chi connectivity index (χ0n) is 12.8. The summed E-state index contributed by atoms with van der Waals surface area (Å²) < 4.78 is 0. The van der Waals surface area contributed by atoms with E-state index in [1.807, 2.05) is 18.7 Å². The van der Waals surface area contributed by atoms with Crippen molar-refractivity contribution in [3.05, 3.63) is 34.4 Å². The molecule has 4 heteroatoms. The quantitative estimate of drug-likeness (QED) is 0.912. The van der Waals surface area contributed by atoms with Crippen LogP contribution in [0.15, 0.2) is 12.1 Å². The van der Waals surface area contributed by atoms with Gasteiger partial charge in [0.25, 0.3) is 5.91 Å². The molecule has 1 unspecified atom stereocenters. The van der Waals surface area contributed by atoms with Crippen LogP contribution in [0, 0.1) is 26.2 Å². The highest BCUT2D eigenvalue weighted by atomic mass is 35.5. The van der Waals surface area contributed by atoms with Crippen molar-refractivity contribution in [1.29, 1.82) is 0 Å². The van der Waals surface area contributed by atoms with E-state index in [4.69, 9.17) is 5.73 Å². The zero-order valence-corrected chi connectivity index (χ0v) is 13.6. The number of nitrogens with zero attached hydrogens (tertiary/aromatic N) is 1. The number of rotatable bonds is 2. The summed E-state index contributed by atoms with van der Waals surface area (Å²) in [7, 11) is 0. The summed E-state index contributed by atoms with van der Waals surface area (Å²) in [6.45, 7) is 10.5. The maximum Gasteiger partial charge on any atom is 0.254 e. The van der Waals surface area contributed by atoms with Crippen molar-refractivity contribution in [3.63, 3.8) is 0 Å². The van der Waals surface area contributed by atoms with E-state index < -0.39 is 0 Å². The van der Waals surface area contributed by atoms with E-state index in [2.05, 4.69) is 26.0 Å². The van der Waals surface area contributed by atoms with E-state index in [1.165, 1.54) is 5.56 Å². The van der Waals surface area contributed by atoms with Crippen LogP contribution in [-0.4, -0.2) is 30.4 Å². The third-order valence-electron chi connectivity index (χ3n) is 4.23. The monoisotopic (exact) mass is 296 g/mol. The van der Waals surface area contributed by atoms with Gasteiger partial charge >= 0.3 is 0 Å². The summed E-state index contributed by atoms with van der Waals surface area (Å²) in [5.41, 5.74) is 10.1. The molecule has 0 spiro atoms. The summed E-state index contributed by atoms with van der Waals surface area (Å²) in [4.78, 5) is 14.6. The molecule has 1 fully saturated rings. The van der Waals surface area contributed by atoms with Gasteiger partial charge in [-0.15, -0.1) is 12.4 Å². The molecule has 1 aliphatic rings. The number of benzene rings is 1. The molecule has 0 aliphatic carbocycles. The maximum atomic E-state index is 12.7. The predicted molar refractivity (Wildman–Crippen MR) is 85.6 cm³/mol. The van der Waals surface area contributed by atoms with Gasteiger partial charge in [-0.2, -0.15) is 0 Å². The molecule has 0 aromatic heterocycles. The third kappa shape index (κ3) is 3.15. The molecule has 1 heterocycles. The summed E-state index contributed by atoms with van der Waals surface area (Å²) in [5.74, 6) is 0.159. The normalized spacial score (nSPS) is 21.8. The Hall–Kier alpha value is -1.06. The number of aryl methyl sites for hydroxylation is 3. The second-order valence-corrected chi connectivity index (χ2v) is 6.27. The predicted octanol–water partition coefficient (Wildman–Crippen LogP) is 2.84. The average Bonchev–Trinajstić information content (AvgIpc) is 2.71. The average molecular weight is 297 g/mol. The number of hydrogen-bond donors (Lipinski definition) is 1. The van der Waals surface area contributed by atoms with Crippen LogP contribution in [0.4, 0.5) is 0 Å². The Morgan fingerprint density at radius 1 is 1.30 bits per heavy atom. The van der Waals surface area contributed by atoms with Crippen LogP contribution in [0.25, 0.3) is 0 Å². The molecule has 0 radical (unpaired) electrons. The van der Waals surface area contributed by atoms with Crippen molar-refractivity contribution in [2.45, 2.75) is 34.1 Å². The first-order valence-corrected chi connectivity index (χ1v) is 6.93. The summed E-state index contributed by atoms with van der Waals surface area (Å²) in [6.07, 6.45) is 0.999. The van der Waals surface area contributed by atoms with Gasteiger partial charge in [0.1, 0.15) is 0 Å². The first kappa shape index (κ1) is 17.0. The van der Waals surface area contributed by atoms with Crippen LogP contribution in [0.2, 0.25) is 0 Å². The van der Waals surface area contributed by atoms with Crippen LogP contribution >= 0.6 is 12.4 Å². The molecule has 2 rings (SSSR count).